The van der Waals surface area contributed by atoms with E-state index in [1.807, 2.05) is 0 Å². The van der Waals surface area contributed by atoms with Crippen LogP contribution in [-0.4, -0.2) is 37.1 Å². The number of urea groups is 1. The van der Waals surface area contributed by atoms with Crippen LogP contribution in [0.2, 0.25) is 5.02 Å². The summed E-state index contributed by atoms with van der Waals surface area (Å²) in [5.74, 6) is 0.143. The molecule has 22 heavy (non-hydrogen) atoms. The molecular weight excluding hydrogens is 304 g/mol. The van der Waals surface area contributed by atoms with Gasteiger partial charge in [0.25, 0.3) is 0 Å². The Balaban J connectivity index is 2.66. The summed E-state index contributed by atoms with van der Waals surface area (Å²) in [6.07, 6.45) is 1.04. The minimum atomic E-state index is -0.329. The van der Waals surface area contributed by atoms with Gasteiger partial charge in [0, 0.05) is 23.8 Å². The number of hydrogen-bond donors (Lipinski definition) is 1. The highest BCUT2D eigenvalue weighted by Gasteiger charge is 2.16. The third-order valence-corrected chi connectivity index (χ3v) is 3.39. The van der Waals surface area contributed by atoms with E-state index < -0.39 is 0 Å². The molecular formula is C16H23ClN2O3. The van der Waals surface area contributed by atoms with Crippen LogP contribution < -0.4 is 5.32 Å². The maximum atomic E-state index is 12.4. The van der Waals surface area contributed by atoms with Gasteiger partial charge in [0.1, 0.15) is 0 Å². The molecule has 0 aromatic heterocycles. The number of carbonyl (C=O) groups is 2. The fourth-order valence-electron chi connectivity index (χ4n) is 1.83. The summed E-state index contributed by atoms with van der Waals surface area (Å²) in [4.78, 5) is 25.3. The number of esters is 1. The van der Waals surface area contributed by atoms with Gasteiger partial charge in [-0.15, -0.1) is 0 Å². The van der Waals surface area contributed by atoms with Crippen LogP contribution in [0.4, 0.5) is 10.5 Å². The molecule has 122 valence electrons. The minimum Gasteiger partial charge on any atom is -0.469 e. The van der Waals surface area contributed by atoms with E-state index in [9.17, 15) is 9.59 Å². The summed E-state index contributed by atoms with van der Waals surface area (Å²) in [6.45, 7) is 5.09. The van der Waals surface area contributed by atoms with Gasteiger partial charge in [-0.25, -0.2) is 4.79 Å². The van der Waals surface area contributed by atoms with Crippen molar-refractivity contribution in [2.75, 3.05) is 25.5 Å². The van der Waals surface area contributed by atoms with Gasteiger partial charge in [-0.05, 0) is 30.5 Å². The molecule has 2 amide bonds. The van der Waals surface area contributed by atoms with E-state index in [0.717, 1.165) is 6.42 Å². The molecule has 1 N–H and O–H groups in total. The van der Waals surface area contributed by atoms with Gasteiger partial charge in [-0.2, -0.15) is 0 Å². The van der Waals surface area contributed by atoms with Crippen molar-refractivity contribution in [3.05, 3.63) is 29.3 Å². The molecule has 0 aliphatic carbocycles. The van der Waals surface area contributed by atoms with E-state index in [1.165, 1.54) is 7.11 Å². The summed E-state index contributed by atoms with van der Waals surface area (Å²) in [6, 6.07) is 6.72. The molecule has 0 bridgehead atoms. The maximum Gasteiger partial charge on any atom is 0.321 e. The Labute approximate surface area is 136 Å². The number of halogens is 1. The fraction of sp³-hybridized carbons (Fsp3) is 0.500. The number of amides is 2. The Morgan fingerprint density at radius 2 is 2.05 bits per heavy atom. The smallest absolute Gasteiger partial charge is 0.321 e. The van der Waals surface area contributed by atoms with Gasteiger partial charge >= 0.3 is 12.0 Å². The molecule has 5 nitrogen and oxygen atoms in total. The van der Waals surface area contributed by atoms with Crippen LogP contribution in [0.25, 0.3) is 0 Å². The topological polar surface area (TPSA) is 58.6 Å². The van der Waals surface area contributed by atoms with Crippen LogP contribution in [0.5, 0.6) is 0 Å². The van der Waals surface area contributed by atoms with Crippen LogP contribution >= 0.6 is 11.6 Å². The van der Waals surface area contributed by atoms with Gasteiger partial charge in [-0.1, -0.05) is 31.5 Å². The number of nitrogens with zero attached hydrogens (tertiary/aromatic N) is 1. The summed E-state index contributed by atoms with van der Waals surface area (Å²) in [5.41, 5.74) is 0.630. The molecule has 0 fully saturated rings. The van der Waals surface area contributed by atoms with E-state index in [2.05, 4.69) is 23.9 Å². The van der Waals surface area contributed by atoms with Crippen molar-refractivity contribution in [3.63, 3.8) is 0 Å². The van der Waals surface area contributed by atoms with Gasteiger partial charge in [0.05, 0.1) is 13.5 Å². The Kier molecular flexibility index (Phi) is 7.74. The Morgan fingerprint density at radius 1 is 1.32 bits per heavy atom. The number of benzene rings is 1. The lowest BCUT2D eigenvalue weighted by Gasteiger charge is -2.23. The largest absolute Gasteiger partial charge is 0.469 e. The first-order chi connectivity index (χ1) is 10.4. The van der Waals surface area contributed by atoms with E-state index in [4.69, 9.17) is 11.6 Å². The average Bonchev–Trinajstić information content (AvgIpc) is 2.46. The van der Waals surface area contributed by atoms with E-state index >= 15 is 0 Å². The third-order valence-electron chi connectivity index (χ3n) is 3.15. The van der Waals surface area contributed by atoms with E-state index in [0.29, 0.717) is 29.7 Å². The van der Waals surface area contributed by atoms with Crippen LogP contribution in [0, 0.1) is 5.92 Å². The standard InChI is InChI=1S/C16H23ClN2O3/c1-12(2)7-9-19(10-8-15(20)22-3)16(21)18-14-6-4-5-13(17)11-14/h4-6,11-12H,7-10H2,1-3H3,(H,18,21). The van der Waals surface area contributed by atoms with Crippen LogP contribution in [0.3, 0.4) is 0 Å². The summed E-state index contributed by atoms with van der Waals surface area (Å²) in [7, 11) is 1.34. The number of ether oxygens (including phenoxy) is 1. The number of rotatable bonds is 7. The average molecular weight is 327 g/mol. The molecule has 0 radical (unpaired) electrons. The number of nitrogens with one attached hydrogen (secondary N) is 1. The predicted octanol–water partition coefficient (Wildman–Crippen LogP) is 3.78. The van der Waals surface area contributed by atoms with Crippen LogP contribution in [0.15, 0.2) is 24.3 Å². The Morgan fingerprint density at radius 3 is 2.64 bits per heavy atom. The predicted molar refractivity (Wildman–Crippen MR) is 88.1 cm³/mol. The van der Waals surface area contributed by atoms with Crippen molar-refractivity contribution >= 4 is 29.3 Å². The number of carbonyl (C=O) groups excluding carboxylic acids is 2. The molecule has 0 aliphatic heterocycles. The van der Waals surface area contributed by atoms with Crippen molar-refractivity contribution < 1.29 is 14.3 Å². The molecule has 1 aromatic rings. The normalized spacial score (nSPS) is 10.4. The highest BCUT2D eigenvalue weighted by molar-refractivity contribution is 6.30. The maximum absolute atomic E-state index is 12.4. The highest BCUT2D eigenvalue weighted by Crippen LogP contribution is 2.15. The number of hydrogen-bond acceptors (Lipinski definition) is 3. The zero-order valence-corrected chi connectivity index (χ0v) is 14.0. The summed E-state index contributed by atoms with van der Waals surface area (Å²) >= 11 is 5.91. The first-order valence-corrected chi connectivity index (χ1v) is 7.68. The minimum absolute atomic E-state index is 0.178. The quantitative estimate of drug-likeness (QED) is 0.776. The lowest BCUT2D eigenvalue weighted by molar-refractivity contribution is -0.140. The molecule has 6 heteroatoms. The molecule has 0 saturated heterocycles. The van der Waals surface area contributed by atoms with Crippen molar-refractivity contribution in [2.45, 2.75) is 26.7 Å². The van der Waals surface area contributed by atoms with Crippen molar-refractivity contribution in [3.8, 4) is 0 Å². The number of methoxy groups -OCH3 is 1. The van der Waals surface area contributed by atoms with Gasteiger partial charge in [0.2, 0.25) is 0 Å². The fourth-order valence-corrected chi connectivity index (χ4v) is 2.02. The number of anilines is 1. The Bertz CT molecular complexity index is 506. The second-order valence-corrected chi connectivity index (χ2v) is 5.87. The van der Waals surface area contributed by atoms with Gasteiger partial charge < -0.3 is 15.0 Å². The molecule has 0 saturated carbocycles. The Hall–Kier alpha value is -1.75. The molecule has 0 unspecified atom stereocenters. The second kappa shape index (κ2) is 9.30. The lowest BCUT2D eigenvalue weighted by atomic mass is 10.1. The zero-order valence-electron chi connectivity index (χ0n) is 13.3. The molecule has 0 spiro atoms. The van der Waals surface area contributed by atoms with E-state index in [-0.39, 0.29) is 18.4 Å². The van der Waals surface area contributed by atoms with Gasteiger partial charge in [0.15, 0.2) is 0 Å². The highest BCUT2D eigenvalue weighted by atomic mass is 35.5. The van der Waals surface area contributed by atoms with Crippen LogP contribution in [0.1, 0.15) is 26.7 Å². The monoisotopic (exact) mass is 326 g/mol. The summed E-state index contributed by atoms with van der Waals surface area (Å²) in [5, 5.41) is 3.36. The molecule has 1 aromatic carbocycles. The second-order valence-electron chi connectivity index (χ2n) is 5.44. The summed E-state index contributed by atoms with van der Waals surface area (Å²) < 4.78 is 4.63. The van der Waals surface area contributed by atoms with Crippen molar-refractivity contribution in [1.29, 1.82) is 0 Å². The molecule has 0 atom stereocenters. The van der Waals surface area contributed by atoms with Crippen LogP contribution in [-0.2, 0) is 9.53 Å². The van der Waals surface area contributed by atoms with E-state index in [1.54, 1.807) is 29.2 Å². The SMILES string of the molecule is COC(=O)CCN(CCC(C)C)C(=O)Nc1cccc(Cl)c1. The molecule has 0 heterocycles. The van der Waals surface area contributed by atoms with Crippen molar-refractivity contribution in [1.82, 2.24) is 4.90 Å². The first-order valence-electron chi connectivity index (χ1n) is 7.30. The first kappa shape index (κ1) is 18.3. The molecule has 1 rings (SSSR count). The lowest BCUT2D eigenvalue weighted by Crippen LogP contribution is -2.37. The van der Waals surface area contributed by atoms with Crippen molar-refractivity contribution in [2.24, 2.45) is 5.92 Å². The third kappa shape index (κ3) is 6.80. The van der Waals surface area contributed by atoms with Gasteiger partial charge in [-0.3, -0.25) is 4.79 Å². The zero-order chi connectivity index (χ0) is 16.5. The molecule has 0 aliphatic rings.